The molecule has 0 aromatic heterocycles. The van der Waals surface area contributed by atoms with Gasteiger partial charge in [-0.1, -0.05) is 56.2 Å². The first-order chi connectivity index (χ1) is 14.3. The summed E-state index contributed by atoms with van der Waals surface area (Å²) in [5, 5.41) is 2.75. The Bertz CT molecular complexity index is 706. The summed E-state index contributed by atoms with van der Waals surface area (Å²) in [4.78, 5) is 0. The molecule has 162 valence electrons. The second-order valence-corrected chi connectivity index (χ2v) is 8.50. The first-order valence-electron chi connectivity index (χ1n) is 10.9. The third kappa shape index (κ3) is 9.24. The van der Waals surface area contributed by atoms with Gasteiger partial charge in [0.15, 0.2) is 0 Å². The monoisotopic (exact) mass is 458 g/mol. The van der Waals surface area contributed by atoms with E-state index in [1.807, 2.05) is 18.2 Å². The van der Waals surface area contributed by atoms with Gasteiger partial charge in [0.1, 0.15) is 11.5 Å². The van der Waals surface area contributed by atoms with Gasteiger partial charge in [-0.2, -0.15) is 0 Å². The molecule has 0 heterocycles. The molecular formula is C24H33Cl3O2. The highest BCUT2D eigenvalue weighted by Gasteiger charge is 2.08. The van der Waals surface area contributed by atoms with Gasteiger partial charge in [-0.15, -0.1) is 23.2 Å². The second kappa shape index (κ2) is 15.0. The van der Waals surface area contributed by atoms with Crippen LogP contribution in [0.15, 0.2) is 30.3 Å². The van der Waals surface area contributed by atoms with Crippen LogP contribution in [0.25, 0.3) is 10.8 Å². The largest absolute Gasteiger partial charge is 0.494 e. The van der Waals surface area contributed by atoms with Crippen molar-refractivity contribution in [3.8, 4) is 11.5 Å². The highest BCUT2D eigenvalue weighted by atomic mass is 35.5. The Balaban J connectivity index is 1.77. The lowest BCUT2D eigenvalue weighted by molar-refractivity contribution is 0.304. The predicted molar refractivity (Wildman–Crippen MR) is 128 cm³/mol. The normalized spacial score (nSPS) is 11.1. The topological polar surface area (TPSA) is 18.5 Å². The number of benzene rings is 2. The quantitative estimate of drug-likeness (QED) is 0.185. The maximum atomic E-state index is 6.57. The number of rotatable bonds is 16. The van der Waals surface area contributed by atoms with Gasteiger partial charge >= 0.3 is 0 Å². The van der Waals surface area contributed by atoms with E-state index in [4.69, 9.17) is 44.3 Å². The van der Waals surface area contributed by atoms with Crippen molar-refractivity contribution < 1.29 is 9.47 Å². The molecule has 0 unspecified atom stereocenters. The van der Waals surface area contributed by atoms with Gasteiger partial charge in [0, 0.05) is 17.1 Å². The molecule has 2 aromatic carbocycles. The van der Waals surface area contributed by atoms with Crippen molar-refractivity contribution in [2.24, 2.45) is 0 Å². The van der Waals surface area contributed by atoms with Crippen LogP contribution in [0, 0.1) is 0 Å². The van der Waals surface area contributed by atoms with E-state index in [1.165, 1.54) is 32.1 Å². The van der Waals surface area contributed by atoms with Crippen molar-refractivity contribution in [1.29, 1.82) is 0 Å². The third-order valence-corrected chi connectivity index (χ3v) is 5.90. The van der Waals surface area contributed by atoms with Gasteiger partial charge in [0.2, 0.25) is 0 Å². The molecule has 0 N–H and O–H groups in total. The van der Waals surface area contributed by atoms with Gasteiger partial charge in [0.25, 0.3) is 0 Å². The van der Waals surface area contributed by atoms with Gasteiger partial charge in [-0.05, 0) is 55.3 Å². The van der Waals surface area contributed by atoms with Crippen LogP contribution in [0.2, 0.25) is 5.02 Å². The number of alkyl halides is 2. The fourth-order valence-corrected chi connectivity index (χ4v) is 3.94. The Kier molecular flexibility index (Phi) is 12.7. The van der Waals surface area contributed by atoms with Crippen LogP contribution in [-0.4, -0.2) is 25.0 Å². The minimum absolute atomic E-state index is 0.676. The Morgan fingerprint density at radius 3 is 1.86 bits per heavy atom. The van der Waals surface area contributed by atoms with Gasteiger partial charge in [-0.3, -0.25) is 0 Å². The second-order valence-electron chi connectivity index (χ2n) is 7.37. The first kappa shape index (κ1) is 24.4. The van der Waals surface area contributed by atoms with Crippen molar-refractivity contribution in [2.75, 3.05) is 25.0 Å². The summed E-state index contributed by atoms with van der Waals surface area (Å²) in [7, 11) is 0. The molecule has 0 radical (unpaired) electrons. The predicted octanol–water partition coefficient (Wildman–Crippen LogP) is 8.63. The van der Waals surface area contributed by atoms with E-state index in [9.17, 15) is 0 Å². The average molecular weight is 460 g/mol. The summed E-state index contributed by atoms with van der Waals surface area (Å²) in [6.45, 7) is 1.43. The standard InChI is InChI=1S/C24H33Cl3O2/c25-15-7-3-1-5-9-17-28-21-12-13-22-20(19-21)11-14-23(24(22)27)29-18-10-6-2-4-8-16-26/h11-14,19H,1-10,15-18H2. The maximum absolute atomic E-state index is 6.57. The molecule has 5 heteroatoms. The fraction of sp³-hybridized carbons (Fsp3) is 0.583. The molecule has 0 saturated carbocycles. The number of unbranched alkanes of at least 4 members (excludes halogenated alkanes) is 8. The summed E-state index contributed by atoms with van der Waals surface area (Å²) in [6, 6.07) is 10.1. The molecule has 0 atom stereocenters. The smallest absolute Gasteiger partial charge is 0.138 e. The lowest BCUT2D eigenvalue weighted by atomic mass is 10.1. The molecule has 0 aliphatic carbocycles. The molecule has 0 spiro atoms. The number of hydrogen-bond acceptors (Lipinski definition) is 2. The van der Waals surface area contributed by atoms with E-state index in [2.05, 4.69) is 12.1 Å². The van der Waals surface area contributed by atoms with E-state index >= 15 is 0 Å². The number of hydrogen-bond donors (Lipinski definition) is 0. The zero-order valence-electron chi connectivity index (χ0n) is 17.2. The van der Waals surface area contributed by atoms with Crippen LogP contribution in [0.4, 0.5) is 0 Å². The van der Waals surface area contributed by atoms with Gasteiger partial charge in [0.05, 0.1) is 18.2 Å². The number of halogens is 3. The average Bonchev–Trinajstić information content (AvgIpc) is 2.74. The highest BCUT2D eigenvalue weighted by molar-refractivity contribution is 6.37. The molecular weight excluding hydrogens is 427 g/mol. The molecule has 0 bridgehead atoms. The van der Waals surface area contributed by atoms with E-state index < -0.39 is 0 Å². The molecule has 0 saturated heterocycles. The summed E-state index contributed by atoms with van der Waals surface area (Å²) in [5.74, 6) is 3.16. The lowest BCUT2D eigenvalue weighted by Crippen LogP contribution is -1.99. The van der Waals surface area contributed by atoms with Crippen molar-refractivity contribution >= 4 is 45.6 Å². The Labute approximate surface area is 190 Å². The van der Waals surface area contributed by atoms with Crippen LogP contribution in [-0.2, 0) is 0 Å². The van der Waals surface area contributed by atoms with Gasteiger partial charge < -0.3 is 9.47 Å². The Morgan fingerprint density at radius 2 is 1.21 bits per heavy atom. The number of ether oxygens (including phenoxy) is 2. The van der Waals surface area contributed by atoms with Crippen LogP contribution in [0.1, 0.15) is 64.2 Å². The SMILES string of the molecule is ClCCCCCCCOc1ccc2c(Cl)c(OCCCCCCCCl)ccc2c1. The lowest BCUT2D eigenvalue weighted by Gasteiger charge is -2.12. The molecule has 29 heavy (non-hydrogen) atoms. The fourth-order valence-electron chi connectivity index (χ4n) is 3.28. The van der Waals surface area contributed by atoms with Crippen LogP contribution in [0.3, 0.4) is 0 Å². The van der Waals surface area contributed by atoms with E-state index in [0.717, 1.165) is 72.7 Å². The van der Waals surface area contributed by atoms with E-state index in [0.29, 0.717) is 11.6 Å². The minimum Gasteiger partial charge on any atom is -0.494 e. The van der Waals surface area contributed by atoms with Crippen LogP contribution >= 0.6 is 34.8 Å². The minimum atomic E-state index is 0.676. The Morgan fingerprint density at radius 1 is 0.621 bits per heavy atom. The third-order valence-electron chi connectivity index (χ3n) is 4.97. The molecule has 2 nitrogen and oxygen atoms in total. The molecule has 0 amide bonds. The number of fused-ring (bicyclic) bond motifs is 1. The molecule has 0 fully saturated rings. The van der Waals surface area contributed by atoms with Crippen LogP contribution in [0.5, 0.6) is 11.5 Å². The summed E-state index contributed by atoms with van der Waals surface area (Å²) >= 11 is 18.0. The first-order valence-corrected chi connectivity index (χ1v) is 12.3. The van der Waals surface area contributed by atoms with Crippen LogP contribution < -0.4 is 9.47 Å². The molecule has 2 aromatic rings. The van der Waals surface area contributed by atoms with Gasteiger partial charge in [-0.25, -0.2) is 0 Å². The summed E-state index contributed by atoms with van der Waals surface area (Å²) in [5.41, 5.74) is 0. The van der Waals surface area contributed by atoms with E-state index in [1.54, 1.807) is 0 Å². The summed E-state index contributed by atoms with van der Waals surface area (Å²) in [6.07, 6.45) is 11.5. The van der Waals surface area contributed by atoms with E-state index in [-0.39, 0.29) is 0 Å². The van der Waals surface area contributed by atoms with Crippen molar-refractivity contribution in [3.63, 3.8) is 0 Å². The van der Waals surface area contributed by atoms with Crippen molar-refractivity contribution in [2.45, 2.75) is 64.2 Å². The summed E-state index contributed by atoms with van der Waals surface area (Å²) < 4.78 is 11.8. The molecule has 0 aliphatic rings. The Hall–Kier alpha value is -0.830. The molecule has 0 aliphatic heterocycles. The van der Waals surface area contributed by atoms with Crippen molar-refractivity contribution in [1.82, 2.24) is 0 Å². The molecule has 2 rings (SSSR count). The maximum Gasteiger partial charge on any atom is 0.138 e. The van der Waals surface area contributed by atoms with Crippen molar-refractivity contribution in [3.05, 3.63) is 35.4 Å². The zero-order chi connectivity index (χ0) is 20.7. The highest BCUT2D eigenvalue weighted by Crippen LogP contribution is 2.34. The zero-order valence-corrected chi connectivity index (χ0v) is 19.5.